The van der Waals surface area contributed by atoms with Gasteiger partial charge in [-0.25, -0.2) is 0 Å². The summed E-state index contributed by atoms with van der Waals surface area (Å²) in [6.45, 7) is 2.87. The zero-order valence-corrected chi connectivity index (χ0v) is 30.0. The summed E-state index contributed by atoms with van der Waals surface area (Å²) < 4.78 is 2.68. The average Bonchev–Trinajstić information content (AvgIpc) is 2.78. The number of hydrogen-bond acceptors (Lipinski definition) is 0. The van der Waals surface area contributed by atoms with E-state index in [0.29, 0.717) is 11.1 Å². The van der Waals surface area contributed by atoms with E-state index >= 15 is 0 Å². The van der Waals surface area contributed by atoms with Crippen molar-refractivity contribution in [3.63, 3.8) is 0 Å². The molecule has 222 valence electrons. The van der Waals surface area contributed by atoms with Gasteiger partial charge < -0.3 is 56.9 Å². The number of nitrogens with zero attached hydrogens (tertiary/aromatic N) is 2. The normalized spacial score (nSPS) is 40.7. The Balaban J connectivity index is 0.00000168. The number of halogens is 2. The summed E-state index contributed by atoms with van der Waals surface area (Å²) in [6.07, 6.45) is 30.7. The molecule has 8 aliphatic carbocycles. The van der Waals surface area contributed by atoms with Crippen LogP contribution in [0.25, 0.3) is 0 Å². The van der Waals surface area contributed by atoms with E-state index in [4.69, 9.17) is 0 Å². The molecule has 2 nitrogen and oxygen atoms in total. The lowest BCUT2D eigenvalue weighted by molar-refractivity contribution is -0.948. The summed E-state index contributed by atoms with van der Waals surface area (Å²) in [7, 11) is 10.4. The topological polar surface area (TPSA) is 0 Å². The van der Waals surface area contributed by atoms with Gasteiger partial charge >= 0.3 is 0 Å². The first-order chi connectivity index (χ1) is 17.2. The van der Waals surface area contributed by atoms with Gasteiger partial charge in [-0.1, -0.05) is 25.7 Å². The minimum atomic E-state index is 0. The SMILES string of the molecule is C[N+](C)(CCCCCCCCCC[N+](C)(C)C12CC3CC(CC(C3)C1)C2)C12CC3CC(CC(C3)C1)C2.[I-].[I-]. The molecule has 4 heteroatoms. The quantitative estimate of drug-likeness (QED) is 0.154. The first-order valence-electron chi connectivity index (χ1n) is 16.8. The van der Waals surface area contributed by atoms with Crippen LogP contribution in [0, 0.1) is 35.5 Å². The van der Waals surface area contributed by atoms with Crippen LogP contribution >= 0.6 is 0 Å². The summed E-state index contributed by atoms with van der Waals surface area (Å²) in [5, 5.41) is 0. The van der Waals surface area contributed by atoms with Crippen molar-refractivity contribution in [3.8, 4) is 0 Å². The van der Waals surface area contributed by atoms with Crippen LogP contribution in [-0.4, -0.2) is 61.3 Å². The van der Waals surface area contributed by atoms with Gasteiger partial charge in [-0.05, 0) is 99.7 Å². The van der Waals surface area contributed by atoms with Crippen LogP contribution in [0.3, 0.4) is 0 Å². The molecule has 0 unspecified atom stereocenters. The van der Waals surface area contributed by atoms with Crippen molar-refractivity contribution in [2.75, 3.05) is 41.3 Å². The van der Waals surface area contributed by atoms with Crippen LogP contribution in [0.15, 0.2) is 0 Å². The Morgan fingerprint density at radius 1 is 0.395 bits per heavy atom. The molecule has 0 heterocycles. The molecule has 0 aromatic rings. The molecule has 38 heavy (non-hydrogen) atoms. The predicted octanol–water partition coefficient (Wildman–Crippen LogP) is 2.21. The van der Waals surface area contributed by atoms with Crippen LogP contribution in [-0.2, 0) is 0 Å². The third-order valence-electron chi connectivity index (χ3n) is 13.8. The lowest BCUT2D eigenvalue weighted by atomic mass is 9.52. The van der Waals surface area contributed by atoms with Crippen molar-refractivity contribution in [2.24, 2.45) is 35.5 Å². The van der Waals surface area contributed by atoms with E-state index in [1.165, 1.54) is 73.4 Å². The average molecular weight is 753 g/mol. The molecule has 0 amide bonds. The molecule has 0 N–H and O–H groups in total. The maximum atomic E-state index is 2.61. The second-order valence-corrected chi connectivity index (χ2v) is 16.9. The molecule has 8 bridgehead atoms. The zero-order chi connectivity index (χ0) is 25.0. The Bertz CT molecular complexity index is 640. The fraction of sp³-hybridized carbons (Fsp3) is 1.00. The molecule has 0 radical (unpaired) electrons. The lowest BCUT2D eigenvalue weighted by Crippen LogP contribution is -3.00. The number of unbranched alkanes of at least 4 members (excludes halogenated alkanes) is 7. The molecular formula is C34H62I2N2. The molecule has 0 atom stereocenters. The molecule has 8 rings (SSSR count). The van der Waals surface area contributed by atoms with E-state index in [1.807, 2.05) is 0 Å². The van der Waals surface area contributed by atoms with Gasteiger partial charge in [-0.3, -0.25) is 0 Å². The summed E-state index contributed by atoms with van der Waals surface area (Å²) in [5.41, 5.74) is 1.33. The summed E-state index contributed by atoms with van der Waals surface area (Å²) >= 11 is 0. The summed E-state index contributed by atoms with van der Waals surface area (Å²) in [5.74, 6) is 6.53. The van der Waals surface area contributed by atoms with Gasteiger partial charge in [0.25, 0.3) is 0 Å². The second kappa shape index (κ2) is 12.5. The molecule has 0 aromatic heterocycles. The molecule has 0 saturated heterocycles. The first-order valence-corrected chi connectivity index (χ1v) is 16.8. The van der Waals surface area contributed by atoms with Crippen LogP contribution in [0.1, 0.15) is 128 Å². The maximum absolute atomic E-state index is 2.61. The van der Waals surface area contributed by atoms with E-state index in [0.717, 1.165) is 35.5 Å². The van der Waals surface area contributed by atoms with Gasteiger partial charge in [0.05, 0.1) is 52.4 Å². The third kappa shape index (κ3) is 6.33. The molecule has 0 spiro atoms. The fourth-order valence-corrected chi connectivity index (χ4v) is 12.2. The Kier molecular flexibility index (Phi) is 10.7. The van der Waals surface area contributed by atoms with Gasteiger partial charge in [-0.2, -0.15) is 0 Å². The maximum Gasteiger partial charge on any atom is 0.0996 e. The van der Waals surface area contributed by atoms with Gasteiger partial charge in [0.15, 0.2) is 0 Å². The fourth-order valence-electron chi connectivity index (χ4n) is 12.2. The third-order valence-corrected chi connectivity index (χ3v) is 13.8. The Hall–Kier alpha value is 1.38. The van der Waals surface area contributed by atoms with Crippen molar-refractivity contribution in [1.82, 2.24) is 0 Å². The highest BCUT2D eigenvalue weighted by Gasteiger charge is 2.59. The minimum Gasteiger partial charge on any atom is -1.00 e. The molecule has 8 aliphatic rings. The van der Waals surface area contributed by atoms with Gasteiger partial charge in [0.2, 0.25) is 0 Å². The van der Waals surface area contributed by atoms with Crippen LogP contribution in [0.5, 0.6) is 0 Å². The molecule has 0 aliphatic heterocycles. The van der Waals surface area contributed by atoms with E-state index in [1.54, 1.807) is 77.0 Å². The largest absolute Gasteiger partial charge is 1.00 e. The summed E-state index contributed by atoms with van der Waals surface area (Å²) in [4.78, 5) is 0. The van der Waals surface area contributed by atoms with Gasteiger partial charge in [0, 0.05) is 38.5 Å². The standard InChI is InChI=1S/C34H62N2.2HI/c1-35(2,33-21-27-15-28(22-33)17-29(16-27)23-33)13-11-9-7-5-6-8-10-12-14-36(3,4)34-24-30-18-31(25-34)20-32(19-30)26-34;;/h27-32H,5-26H2,1-4H3;2*1H/q+2;;/p-2. The molecule has 8 saturated carbocycles. The van der Waals surface area contributed by atoms with Crippen LogP contribution in [0.4, 0.5) is 0 Å². The first kappa shape index (κ1) is 32.3. The van der Waals surface area contributed by atoms with Crippen molar-refractivity contribution in [3.05, 3.63) is 0 Å². The monoisotopic (exact) mass is 752 g/mol. The van der Waals surface area contributed by atoms with Crippen molar-refractivity contribution >= 4 is 0 Å². The van der Waals surface area contributed by atoms with Gasteiger partial charge in [0.1, 0.15) is 0 Å². The van der Waals surface area contributed by atoms with Crippen molar-refractivity contribution < 1.29 is 56.9 Å². The zero-order valence-electron chi connectivity index (χ0n) is 25.7. The van der Waals surface area contributed by atoms with Crippen LogP contribution in [0.2, 0.25) is 0 Å². The van der Waals surface area contributed by atoms with E-state index in [-0.39, 0.29) is 48.0 Å². The van der Waals surface area contributed by atoms with Crippen molar-refractivity contribution in [1.29, 1.82) is 0 Å². The number of quaternary nitrogens is 2. The van der Waals surface area contributed by atoms with Gasteiger partial charge in [-0.15, -0.1) is 0 Å². The van der Waals surface area contributed by atoms with E-state index < -0.39 is 0 Å². The lowest BCUT2D eigenvalue weighted by Gasteiger charge is -2.62. The Morgan fingerprint density at radius 3 is 0.842 bits per heavy atom. The second-order valence-electron chi connectivity index (χ2n) is 16.9. The van der Waals surface area contributed by atoms with E-state index in [9.17, 15) is 0 Å². The molecule has 8 fully saturated rings. The highest BCUT2D eigenvalue weighted by Crippen LogP contribution is 2.60. The highest BCUT2D eigenvalue weighted by atomic mass is 127. The smallest absolute Gasteiger partial charge is 0.0996 e. The van der Waals surface area contributed by atoms with Crippen molar-refractivity contribution in [2.45, 2.75) is 139 Å². The molecule has 0 aromatic carbocycles. The number of hydrogen-bond donors (Lipinski definition) is 0. The minimum absolute atomic E-state index is 0. The predicted molar refractivity (Wildman–Crippen MR) is 153 cm³/mol. The Labute approximate surface area is 271 Å². The Morgan fingerprint density at radius 2 is 0.605 bits per heavy atom. The van der Waals surface area contributed by atoms with E-state index in [2.05, 4.69) is 28.2 Å². The summed E-state index contributed by atoms with van der Waals surface area (Å²) in [6, 6.07) is 0. The highest BCUT2D eigenvalue weighted by molar-refractivity contribution is 5.04. The number of rotatable bonds is 13. The van der Waals surface area contributed by atoms with Crippen LogP contribution < -0.4 is 48.0 Å². The molecular weight excluding hydrogens is 690 g/mol.